The SMILES string of the molecule is Cc1cc(C(=O)N(CCCN)Cc2ccccc2)on1.Cl. The van der Waals surface area contributed by atoms with Crippen molar-refractivity contribution in [2.75, 3.05) is 13.1 Å². The highest BCUT2D eigenvalue weighted by molar-refractivity contribution is 5.91. The molecule has 1 amide bonds. The van der Waals surface area contributed by atoms with Gasteiger partial charge in [-0.05, 0) is 25.5 Å². The van der Waals surface area contributed by atoms with Gasteiger partial charge in [-0.15, -0.1) is 12.4 Å². The molecule has 0 spiro atoms. The number of hydrogen-bond acceptors (Lipinski definition) is 4. The van der Waals surface area contributed by atoms with E-state index in [0.717, 1.165) is 12.0 Å². The number of carbonyl (C=O) groups is 1. The van der Waals surface area contributed by atoms with Crippen LogP contribution in [0.1, 0.15) is 28.2 Å². The van der Waals surface area contributed by atoms with Crippen LogP contribution in [0.3, 0.4) is 0 Å². The topological polar surface area (TPSA) is 72.4 Å². The number of nitrogens with two attached hydrogens (primary N) is 1. The van der Waals surface area contributed by atoms with Crippen molar-refractivity contribution in [2.24, 2.45) is 5.73 Å². The molecule has 1 heterocycles. The van der Waals surface area contributed by atoms with Crippen LogP contribution in [0.4, 0.5) is 0 Å². The van der Waals surface area contributed by atoms with Crippen molar-refractivity contribution in [1.29, 1.82) is 0 Å². The van der Waals surface area contributed by atoms with Gasteiger partial charge >= 0.3 is 0 Å². The first kappa shape index (κ1) is 17.2. The molecule has 114 valence electrons. The third-order valence-corrected chi connectivity index (χ3v) is 2.97. The summed E-state index contributed by atoms with van der Waals surface area (Å²) in [7, 11) is 0. The lowest BCUT2D eigenvalue weighted by molar-refractivity contribution is 0.0700. The van der Waals surface area contributed by atoms with Crippen molar-refractivity contribution in [3.8, 4) is 0 Å². The van der Waals surface area contributed by atoms with Crippen LogP contribution in [-0.4, -0.2) is 29.1 Å². The summed E-state index contributed by atoms with van der Waals surface area (Å²) in [5.41, 5.74) is 7.32. The van der Waals surface area contributed by atoms with Crippen molar-refractivity contribution in [3.05, 3.63) is 53.4 Å². The Hall–Kier alpha value is -1.85. The Bertz CT molecular complexity index is 557. The molecule has 0 aliphatic heterocycles. The Kier molecular flexibility index (Phi) is 6.91. The summed E-state index contributed by atoms with van der Waals surface area (Å²) in [6, 6.07) is 11.5. The zero-order valence-corrected chi connectivity index (χ0v) is 12.8. The second kappa shape index (κ2) is 8.44. The van der Waals surface area contributed by atoms with E-state index in [-0.39, 0.29) is 24.1 Å². The normalized spacial score (nSPS) is 10.0. The van der Waals surface area contributed by atoms with Gasteiger partial charge in [0, 0.05) is 19.2 Å². The van der Waals surface area contributed by atoms with Gasteiger partial charge in [0.2, 0.25) is 5.76 Å². The molecule has 2 N–H and O–H groups in total. The highest BCUT2D eigenvalue weighted by atomic mass is 35.5. The molecular weight excluding hydrogens is 290 g/mol. The van der Waals surface area contributed by atoms with Crippen molar-refractivity contribution in [1.82, 2.24) is 10.1 Å². The number of amides is 1. The maximum atomic E-state index is 12.4. The molecule has 2 rings (SSSR count). The quantitative estimate of drug-likeness (QED) is 0.889. The molecule has 0 aliphatic rings. The molecule has 0 saturated heterocycles. The Morgan fingerprint density at radius 2 is 2.05 bits per heavy atom. The highest BCUT2D eigenvalue weighted by Gasteiger charge is 2.19. The second-order valence-corrected chi connectivity index (χ2v) is 4.69. The fourth-order valence-electron chi connectivity index (χ4n) is 1.96. The smallest absolute Gasteiger partial charge is 0.292 e. The van der Waals surface area contributed by atoms with Crippen LogP contribution in [0.2, 0.25) is 0 Å². The molecule has 0 bridgehead atoms. The molecule has 2 aromatic rings. The summed E-state index contributed by atoms with van der Waals surface area (Å²) in [5, 5.41) is 3.76. The second-order valence-electron chi connectivity index (χ2n) is 4.69. The Morgan fingerprint density at radius 3 is 2.62 bits per heavy atom. The van der Waals surface area contributed by atoms with Gasteiger partial charge in [0.1, 0.15) is 0 Å². The van der Waals surface area contributed by atoms with E-state index in [9.17, 15) is 4.79 Å². The minimum absolute atomic E-state index is 0. The van der Waals surface area contributed by atoms with E-state index in [1.807, 2.05) is 30.3 Å². The first-order valence-electron chi connectivity index (χ1n) is 6.67. The summed E-state index contributed by atoms with van der Waals surface area (Å²) in [4.78, 5) is 14.2. The van der Waals surface area contributed by atoms with Crippen LogP contribution in [0.15, 0.2) is 40.9 Å². The fourth-order valence-corrected chi connectivity index (χ4v) is 1.96. The lowest BCUT2D eigenvalue weighted by Crippen LogP contribution is -2.32. The van der Waals surface area contributed by atoms with Crippen LogP contribution >= 0.6 is 12.4 Å². The first-order valence-corrected chi connectivity index (χ1v) is 6.67. The van der Waals surface area contributed by atoms with E-state index in [2.05, 4.69) is 5.16 Å². The van der Waals surface area contributed by atoms with Gasteiger partial charge in [0.25, 0.3) is 5.91 Å². The molecular formula is C15H20ClN3O2. The van der Waals surface area contributed by atoms with E-state index < -0.39 is 0 Å². The van der Waals surface area contributed by atoms with Gasteiger partial charge in [-0.3, -0.25) is 4.79 Å². The van der Waals surface area contributed by atoms with Gasteiger partial charge in [0.05, 0.1) is 5.69 Å². The van der Waals surface area contributed by atoms with Crippen molar-refractivity contribution in [2.45, 2.75) is 19.9 Å². The third-order valence-electron chi connectivity index (χ3n) is 2.97. The standard InChI is InChI=1S/C15H19N3O2.ClH/c1-12-10-14(20-17-12)15(19)18(9-5-8-16)11-13-6-3-2-4-7-13;/h2-4,6-7,10H,5,8-9,11,16H2,1H3;1H. The van der Waals surface area contributed by atoms with Crippen molar-refractivity contribution < 1.29 is 9.32 Å². The largest absolute Gasteiger partial charge is 0.351 e. The number of benzene rings is 1. The molecule has 1 aromatic heterocycles. The summed E-state index contributed by atoms with van der Waals surface area (Å²) in [6.07, 6.45) is 0.756. The number of aromatic nitrogens is 1. The molecule has 0 radical (unpaired) electrons. The summed E-state index contributed by atoms with van der Waals surface area (Å²) in [6.45, 7) is 3.49. The number of hydrogen-bond donors (Lipinski definition) is 1. The van der Waals surface area contributed by atoms with Crippen LogP contribution < -0.4 is 5.73 Å². The Morgan fingerprint density at radius 1 is 1.33 bits per heavy atom. The van der Waals surface area contributed by atoms with Gasteiger partial charge in [-0.1, -0.05) is 35.5 Å². The molecule has 1 aromatic carbocycles. The van der Waals surface area contributed by atoms with E-state index in [4.69, 9.17) is 10.3 Å². The number of halogens is 1. The molecule has 0 atom stereocenters. The fraction of sp³-hybridized carbons (Fsp3) is 0.333. The summed E-state index contributed by atoms with van der Waals surface area (Å²) < 4.78 is 5.05. The zero-order valence-electron chi connectivity index (χ0n) is 12.0. The number of rotatable bonds is 6. The third kappa shape index (κ3) is 4.88. The predicted molar refractivity (Wildman–Crippen MR) is 83.3 cm³/mol. The Labute approximate surface area is 130 Å². The van der Waals surface area contributed by atoms with Crippen LogP contribution in [0.5, 0.6) is 0 Å². The lowest BCUT2D eigenvalue weighted by atomic mass is 10.2. The Balaban J connectivity index is 0.00000220. The van der Waals surface area contributed by atoms with Crippen molar-refractivity contribution >= 4 is 18.3 Å². The van der Waals surface area contributed by atoms with E-state index in [0.29, 0.717) is 25.3 Å². The molecule has 5 nitrogen and oxygen atoms in total. The first-order chi connectivity index (χ1) is 9.70. The highest BCUT2D eigenvalue weighted by Crippen LogP contribution is 2.11. The summed E-state index contributed by atoms with van der Waals surface area (Å²) >= 11 is 0. The average Bonchev–Trinajstić information content (AvgIpc) is 2.90. The van der Waals surface area contributed by atoms with Crippen LogP contribution in [0, 0.1) is 6.92 Å². The van der Waals surface area contributed by atoms with E-state index in [1.165, 1.54) is 0 Å². The zero-order chi connectivity index (χ0) is 14.4. The van der Waals surface area contributed by atoms with Gasteiger partial charge in [-0.2, -0.15) is 0 Å². The molecule has 0 aliphatic carbocycles. The maximum Gasteiger partial charge on any atom is 0.292 e. The number of aryl methyl sites for hydroxylation is 1. The van der Waals surface area contributed by atoms with Crippen LogP contribution in [0.25, 0.3) is 0 Å². The minimum atomic E-state index is -0.150. The van der Waals surface area contributed by atoms with Crippen LogP contribution in [-0.2, 0) is 6.54 Å². The molecule has 0 fully saturated rings. The maximum absolute atomic E-state index is 12.4. The molecule has 6 heteroatoms. The lowest BCUT2D eigenvalue weighted by Gasteiger charge is -2.21. The van der Waals surface area contributed by atoms with Gasteiger partial charge < -0.3 is 15.2 Å². The minimum Gasteiger partial charge on any atom is -0.351 e. The molecule has 21 heavy (non-hydrogen) atoms. The van der Waals surface area contributed by atoms with Gasteiger partial charge in [0.15, 0.2) is 0 Å². The number of nitrogens with zero attached hydrogens (tertiary/aromatic N) is 2. The molecule has 0 unspecified atom stereocenters. The summed E-state index contributed by atoms with van der Waals surface area (Å²) in [5.74, 6) is 0.123. The van der Waals surface area contributed by atoms with E-state index >= 15 is 0 Å². The average molecular weight is 310 g/mol. The van der Waals surface area contributed by atoms with Crippen molar-refractivity contribution in [3.63, 3.8) is 0 Å². The molecule has 0 saturated carbocycles. The van der Waals surface area contributed by atoms with E-state index in [1.54, 1.807) is 17.9 Å². The predicted octanol–water partition coefficient (Wildman–Crippen LogP) is 2.40. The van der Waals surface area contributed by atoms with Gasteiger partial charge in [-0.25, -0.2) is 0 Å². The monoisotopic (exact) mass is 309 g/mol. The number of carbonyl (C=O) groups excluding carboxylic acids is 1.